The van der Waals surface area contributed by atoms with Crippen LogP contribution < -0.4 is 10.1 Å². The first-order chi connectivity index (χ1) is 17.1. The summed E-state index contributed by atoms with van der Waals surface area (Å²) in [5, 5.41) is 21.5. The summed E-state index contributed by atoms with van der Waals surface area (Å²) >= 11 is 5.35. The number of amides is 1. The molecule has 0 saturated carbocycles. The molecule has 10 heteroatoms. The number of aromatic hydroxyl groups is 2. The van der Waals surface area contributed by atoms with Crippen molar-refractivity contribution in [2.24, 2.45) is 0 Å². The van der Waals surface area contributed by atoms with E-state index in [0.29, 0.717) is 12.8 Å². The number of nitrogens with zero attached hydrogens (tertiary/aromatic N) is 1. The van der Waals surface area contributed by atoms with Gasteiger partial charge in [0, 0.05) is 29.8 Å². The van der Waals surface area contributed by atoms with Gasteiger partial charge in [0.15, 0.2) is 17.2 Å². The maximum absolute atomic E-state index is 12.4. The van der Waals surface area contributed by atoms with Crippen LogP contribution in [0.15, 0.2) is 60.8 Å². The van der Waals surface area contributed by atoms with Gasteiger partial charge in [-0.1, -0.05) is 48.9 Å². The number of aromatic nitrogens is 1. The monoisotopic (exact) mass is 518 g/mol. The van der Waals surface area contributed by atoms with Crippen LogP contribution in [0.3, 0.4) is 0 Å². The van der Waals surface area contributed by atoms with Gasteiger partial charge < -0.3 is 25.0 Å². The Balaban J connectivity index is 0.000000425. The van der Waals surface area contributed by atoms with E-state index >= 15 is 0 Å². The third-order valence-electron chi connectivity index (χ3n) is 4.85. The second kappa shape index (κ2) is 13.9. The quantitative estimate of drug-likeness (QED) is 0.371. The fourth-order valence-electron chi connectivity index (χ4n) is 3.13. The lowest BCUT2D eigenvalue weighted by molar-refractivity contribution is -0.150. The topological polar surface area (TPSA) is 118 Å². The van der Waals surface area contributed by atoms with Crippen molar-refractivity contribution >= 4 is 23.5 Å². The number of rotatable bonds is 8. The van der Waals surface area contributed by atoms with Gasteiger partial charge >= 0.3 is 5.97 Å². The highest BCUT2D eigenvalue weighted by atomic mass is 35.5. The predicted octanol–water partition coefficient (Wildman–Crippen LogP) is 4.66. The SMILES string of the molecule is CC[C@H](NC(=O)c1nccc(OC)c1O)C(=O)OC(C)Cc1ccccc1.Oc1cc(F)cc(Cl)c1. The first-order valence-electron chi connectivity index (χ1n) is 11.1. The number of esters is 1. The second-order valence-electron chi connectivity index (χ2n) is 7.71. The summed E-state index contributed by atoms with van der Waals surface area (Å²) in [7, 11) is 1.37. The summed E-state index contributed by atoms with van der Waals surface area (Å²) in [4.78, 5) is 28.6. The lowest BCUT2D eigenvalue weighted by Crippen LogP contribution is -2.42. The Hall–Kier alpha value is -3.85. The largest absolute Gasteiger partial charge is 0.508 e. The van der Waals surface area contributed by atoms with Crippen LogP contribution in [0.2, 0.25) is 5.02 Å². The van der Waals surface area contributed by atoms with Gasteiger partial charge in [-0.25, -0.2) is 14.2 Å². The molecule has 1 unspecified atom stereocenters. The molecule has 8 nitrogen and oxygen atoms in total. The van der Waals surface area contributed by atoms with Crippen molar-refractivity contribution in [1.29, 1.82) is 0 Å². The van der Waals surface area contributed by atoms with Crippen LogP contribution in [0, 0.1) is 5.82 Å². The zero-order valence-corrected chi connectivity index (χ0v) is 20.8. The molecule has 2 aromatic carbocycles. The molecular weight excluding hydrogens is 491 g/mol. The summed E-state index contributed by atoms with van der Waals surface area (Å²) in [6, 6.07) is 13.7. The van der Waals surface area contributed by atoms with E-state index in [1.165, 1.54) is 25.4 Å². The summed E-state index contributed by atoms with van der Waals surface area (Å²) in [5.41, 5.74) is 0.846. The normalized spacial score (nSPS) is 11.9. The van der Waals surface area contributed by atoms with Gasteiger partial charge in [0.25, 0.3) is 5.91 Å². The zero-order valence-electron chi connectivity index (χ0n) is 20.1. The zero-order chi connectivity index (χ0) is 26.7. The molecule has 1 heterocycles. The highest BCUT2D eigenvalue weighted by molar-refractivity contribution is 6.30. The highest BCUT2D eigenvalue weighted by Gasteiger charge is 2.25. The van der Waals surface area contributed by atoms with Gasteiger partial charge in [-0.05, 0) is 31.0 Å². The molecule has 3 rings (SSSR count). The van der Waals surface area contributed by atoms with E-state index in [4.69, 9.17) is 26.2 Å². The van der Waals surface area contributed by atoms with E-state index in [1.54, 1.807) is 13.8 Å². The summed E-state index contributed by atoms with van der Waals surface area (Å²) in [6.07, 6.45) is 1.92. The molecule has 0 aliphatic carbocycles. The number of phenols is 1. The van der Waals surface area contributed by atoms with E-state index < -0.39 is 23.7 Å². The van der Waals surface area contributed by atoms with E-state index in [-0.39, 0.29) is 34.1 Å². The maximum Gasteiger partial charge on any atom is 0.328 e. The van der Waals surface area contributed by atoms with Crippen LogP contribution in [0.1, 0.15) is 36.3 Å². The molecule has 192 valence electrons. The number of phenolic OH excluding ortho intramolecular Hbond substituents is 1. The molecule has 0 aliphatic heterocycles. The number of methoxy groups -OCH3 is 1. The van der Waals surface area contributed by atoms with Crippen LogP contribution in [0.5, 0.6) is 17.2 Å². The van der Waals surface area contributed by atoms with E-state index in [9.17, 15) is 19.1 Å². The van der Waals surface area contributed by atoms with E-state index in [0.717, 1.165) is 17.7 Å². The Kier molecular flexibility index (Phi) is 11.0. The fourth-order valence-corrected chi connectivity index (χ4v) is 3.34. The van der Waals surface area contributed by atoms with Crippen molar-refractivity contribution in [3.63, 3.8) is 0 Å². The number of benzene rings is 2. The van der Waals surface area contributed by atoms with Gasteiger partial charge in [0.05, 0.1) is 7.11 Å². The molecule has 3 N–H and O–H groups in total. The molecule has 0 aliphatic rings. The molecule has 0 saturated heterocycles. The van der Waals surface area contributed by atoms with Crippen LogP contribution in [0.25, 0.3) is 0 Å². The smallest absolute Gasteiger partial charge is 0.328 e. The number of hydrogen-bond donors (Lipinski definition) is 3. The van der Waals surface area contributed by atoms with Crippen molar-refractivity contribution in [3.8, 4) is 17.2 Å². The molecule has 0 spiro atoms. The fraction of sp³-hybridized carbons (Fsp3) is 0.269. The third kappa shape index (κ3) is 8.74. The van der Waals surface area contributed by atoms with Crippen LogP contribution in [-0.2, 0) is 16.0 Å². The maximum atomic E-state index is 12.4. The molecule has 0 radical (unpaired) electrons. The third-order valence-corrected chi connectivity index (χ3v) is 5.07. The van der Waals surface area contributed by atoms with Gasteiger partial charge in [0.2, 0.25) is 0 Å². The Labute approximate surface area is 213 Å². The summed E-state index contributed by atoms with van der Waals surface area (Å²) in [5.74, 6) is -2.14. The van der Waals surface area contributed by atoms with Gasteiger partial charge in [-0.2, -0.15) is 0 Å². The highest BCUT2D eigenvalue weighted by Crippen LogP contribution is 2.27. The Morgan fingerprint density at radius 2 is 1.83 bits per heavy atom. The first kappa shape index (κ1) is 28.4. The molecule has 2 atom stereocenters. The van der Waals surface area contributed by atoms with Gasteiger partial charge in [0.1, 0.15) is 23.7 Å². The minimum atomic E-state index is -0.844. The first-order valence-corrected chi connectivity index (χ1v) is 11.4. The lowest BCUT2D eigenvalue weighted by atomic mass is 10.1. The molecule has 3 aromatic rings. The average Bonchev–Trinajstić information content (AvgIpc) is 2.82. The molecule has 1 amide bonds. The van der Waals surface area contributed by atoms with Crippen LogP contribution in [-0.4, -0.2) is 46.3 Å². The summed E-state index contributed by atoms with van der Waals surface area (Å²) in [6.45, 7) is 3.56. The minimum absolute atomic E-state index is 0.127. The van der Waals surface area contributed by atoms with Crippen molar-refractivity contribution < 1.29 is 33.7 Å². The number of carbonyl (C=O) groups is 2. The van der Waals surface area contributed by atoms with Crippen molar-refractivity contribution in [1.82, 2.24) is 10.3 Å². The van der Waals surface area contributed by atoms with E-state index in [2.05, 4.69) is 10.3 Å². The second-order valence-corrected chi connectivity index (χ2v) is 8.15. The van der Waals surface area contributed by atoms with Crippen LogP contribution >= 0.6 is 11.6 Å². The van der Waals surface area contributed by atoms with Crippen molar-refractivity contribution in [2.45, 2.75) is 38.8 Å². The summed E-state index contributed by atoms with van der Waals surface area (Å²) < 4.78 is 22.6. The number of ether oxygens (including phenoxy) is 2. The molecule has 1 aromatic heterocycles. The molecule has 36 heavy (non-hydrogen) atoms. The molecule has 0 fully saturated rings. The van der Waals surface area contributed by atoms with Crippen molar-refractivity contribution in [3.05, 3.63) is 82.9 Å². The van der Waals surface area contributed by atoms with Crippen LogP contribution in [0.4, 0.5) is 4.39 Å². The Bertz CT molecular complexity index is 1110. The number of hydrogen-bond acceptors (Lipinski definition) is 7. The average molecular weight is 519 g/mol. The predicted molar refractivity (Wildman–Crippen MR) is 133 cm³/mol. The number of pyridine rings is 1. The van der Waals surface area contributed by atoms with E-state index in [1.807, 2.05) is 30.3 Å². The standard InChI is InChI=1S/C20H24N2O5.C6H4ClFO/c1-4-15(20(25)27-13(2)12-14-8-6-5-7-9-14)22-19(24)17-18(23)16(26-3)10-11-21-17;7-4-1-5(8)3-6(9)2-4/h5-11,13,15,23H,4,12H2,1-3H3,(H,22,24);1-3,9H/t13?,15-;/m0./s1. The van der Waals surface area contributed by atoms with Gasteiger partial charge in [-0.15, -0.1) is 0 Å². The molecular formula is C26H28ClFN2O6. The van der Waals surface area contributed by atoms with Gasteiger partial charge in [-0.3, -0.25) is 4.79 Å². The van der Waals surface area contributed by atoms with Crippen molar-refractivity contribution in [2.75, 3.05) is 7.11 Å². The lowest BCUT2D eigenvalue weighted by Gasteiger charge is -2.20. The molecule has 0 bridgehead atoms. The Morgan fingerprint density at radius 1 is 1.14 bits per heavy atom. The number of carbonyl (C=O) groups excluding carboxylic acids is 2. The number of nitrogens with one attached hydrogen (secondary N) is 1. The Morgan fingerprint density at radius 3 is 2.42 bits per heavy atom. The number of halogens is 2. The minimum Gasteiger partial charge on any atom is -0.508 e.